The third-order valence-corrected chi connectivity index (χ3v) is 3.63. The zero-order valence-electron chi connectivity index (χ0n) is 11.1. The molecule has 0 saturated carbocycles. The van der Waals surface area contributed by atoms with Crippen LogP contribution in [0.15, 0.2) is 12.3 Å². The van der Waals surface area contributed by atoms with E-state index in [2.05, 4.69) is 0 Å². The van der Waals surface area contributed by atoms with Crippen LogP contribution in [0, 0.1) is 0 Å². The molecule has 104 valence electrons. The van der Waals surface area contributed by atoms with E-state index in [9.17, 15) is 9.59 Å². The molecule has 0 N–H and O–H groups in total. The number of piperidine rings is 1. The molecule has 0 aliphatic carbocycles. The van der Waals surface area contributed by atoms with Gasteiger partial charge < -0.3 is 14.2 Å². The van der Waals surface area contributed by atoms with Gasteiger partial charge in [-0.05, 0) is 25.3 Å². The maximum Gasteiger partial charge on any atom is 0.328 e. The van der Waals surface area contributed by atoms with Crippen LogP contribution in [0.2, 0.25) is 5.02 Å². The third-order valence-electron chi connectivity index (χ3n) is 3.43. The Kier molecular flexibility index (Phi) is 4.14. The number of methoxy groups -OCH3 is 1. The number of likely N-dealkylation sites (tertiary alicyclic amines) is 1. The van der Waals surface area contributed by atoms with Gasteiger partial charge in [0.15, 0.2) is 0 Å². The van der Waals surface area contributed by atoms with Crippen molar-refractivity contribution < 1.29 is 14.3 Å². The third kappa shape index (κ3) is 2.76. The highest BCUT2D eigenvalue weighted by molar-refractivity contribution is 6.31. The number of aromatic nitrogens is 1. The normalized spacial score (nSPS) is 19.3. The number of rotatable bonds is 2. The minimum atomic E-state index is -0.486. The second-order valence-electron chi connectivity index (χ2n) is 4.69. The Morgan fingerprint density at radius 3 is 2.74 bits per heavy atom. The van der Waals surface area contributed by atoms with Crippen molar-refractivity contribution in [3.63, 3.8) is 0 Å². The number of esters is 1. The van der Waals surface area contributed by atoms with Crippen molar-refractivity contribution in [3.8, 4) is 0 Å². The molecule has 1 saturated heterocycles. The van der Waals surface area contributed by atoms with Gasteiger partial charge in [0, 0.05) is 19.8 Å². The van der Waals surface area contributed by atoms with Gasteiger partial charge in [0.25, 0.3) is 5.91 Å². The molecular formula is C13H17ClN2O3. The van der Waals surface area contributed by atoms with E-state index < -0.39 is 6.04 Å². The highest BCUT2D eigenvalue weighted by Crippen LogP contribution is 2.22. The molecule has 0 aromatic carbocycles. The molecule has 1 aliphatic rings. The number of amides is 1. The Bertz CT molecular complexity index is 498. The second kappa shape index (κ2) is 5.65. The van der Waals surface area contributed by atoms with Crippen molar-refractivity contribution in [3.05, 3.63) is 23.0 Å². The van der Waals surface area contributed by atoms with Crippen molar-refractivity contribution in [1.82, 2.24) is 9.47 Å². The maximum absolute atomic E-state index is 12.5. The van der Waals surface area contributed by atoms with E-state index in [1.165, 1.54) is 7.11 Å². The minimum Gasteiger partial charge on any atom is -0.467 e. The minimum absolute atomic E-state index is 0.176. The van der Waals surface area contributed by atoms with E-state index in [-0.39, 0.29) is 11.9 Å². The van der Waals surface area contributed by atoms with E-state index in [1.54, 1.807) is 28.8 Å². The van der Waals surface area contributed by atoms with E-state index in [0.717, 1.165) is 12.8 Å². The van der Waals surface area contributed by atoms with Crippen molar-refractivity contribution in [2.75, 3.05) is 13.7 Å². The van der Waals surface area contributed by atoms with Crippen LogP contribution in [0.25, 0.3) is 0 Å². The molecule has 2 heterocycles. The average molecular weight is 285 g/mol. The van der Waals surface area contributed by atoms with Crippen molar-refractivity contribution in [1.29, 1.82) is 0 Å². The molecule has 2 rings (SSSR count). The monoisotopic (exact) mass is 284 g/mol. The fourth-order valence-corrected chi connectivity index (χ4v) is 2.69. The lowest BCUT2D eigenvalue weighted by Crippen LogP contribution is -2.48. The molecule has 0 bridgehead atoms. The van der Waals surface area contributed by atoms with E-state index in [4.69, 9.17) is 16.3 Å². The topological polar surface area (TPSA) is 51.5 Å². The predicted molar refractivity (Wildman–Crippen MR) is 71.1 cm³/mol. The summed E-state index contributed by atoms with van der Waals surface area (Å²) in [6.07, 6.45) is 4.15. The number of carbonyl (C=O) groups excluding carboxylic acids is 2. The molecule has 1 atom stereocenters. The van der Waals surface area contributed by atoms with E-state index in [0.29, 0.717) is 23.7 Å². The van der Waals surface area contributed by atoms with Crippen molar-refractivity contribution in [2.45, 2.75) is 25.3 Å². The smallest absolute Gasteiger partial charge is 0.328 e. The number of hydrogen-bond acceptors (Lipinski definition) is 3. The summed E-state index contributed by atoms with van der Waals surface area (Å²) >= 11 is 5.89. The summed E-state index contributed by atoms with van der Waals surface area (Å²) in [6.45, 7) is 0.571. The molecule has 1 amide bonds. The van der Waals surface area contributed by atoms with Crippen LogP contribution < -0.4 is 0 Å². The van der Waals surface area contributed by atoms with E-state index >= 15 is 0 Å². The number of carbonyl (C=O) groups is 2. The fraction of sp³-hybridized carbons (Fsp3) is 0.538. The maximum atomic E-state index is 12.5. The highest BCUT2D eigenvalue weighted by Gasteiger charge is 2.34. The summed E-state index contributed by atoms with van der Waals surface area (Å²) in [5.74, 6) is -0.530. The molecule has 19 heavy (non-hydrogen) atoms. The summed E-state index contributed by atoms with van der Waals surface area (Å²) in [5, 5.41) is 0.512. The predicted octanol–water partition coefficient (Wildman–Crippen LogP) is 1.85. The first-order valence-electron chi connectivity index (χ1n) is 6.25. The Hall–Kier alpha value is -1.49. The SMILES string of the molecule is COC(=O)[C@H]1CCCCN1C(=O)c1cc(Cl)cn1C. The van der Waals surface area contributed by atoms with Gasteiger partial charge in [0.2, 0.25) is 0 Å². The van der Waals surface area contributed by atoms with E-state index in [1.807, 2.05) is 0 Å². The van der Waals surface area contributed by atoms with Gasteiger partial charge in [-0.2, -0.15) is 0 Å². The molecule has 6 heteroatoms. The molecule has 0 unspecified atom stereocenters. The van der Waals surface area contributed by atoms with Gasteiger partial charge in [-0.25, -0.2) is 4.79 Å². The molecular weight excluding hydrogens is 268 g/mol. The number of ether oxygens (including phenoxy) is 1. The van der Waals surface area contributed by atoms with Gasteiger partial charge in [0.1, 0.15) is 11.7 Å². The summed E-state index contributed by atoms with van der Waals surface area (Å²) in [4.78, 5) is 25.8. The van der Waals surface area contributed by atoms with Crippen LogP contribution in [-0.2, 0) is 16.6 Å². The van der Waals surface area contributed by atoms with Crippen LogP contribution in [0.1, 0.15) is 29.8 Å². The average Bonchev–Trinajstić information content (AvgIpc) is 2.76. The second-order valence-corrected chi connectivity index (χ2v) is 5.12. The molecule has 0 radical (unpaired) electrons. The van der Waals surface area contributed by atoms with Gasteiger partial charge in [-0.15, -0.1) is 0 Å². The number of aryl methyl sites for hydroxylation is 1. The van der Waals surface area contributed by atoms with Crippen LogP contribution in [0.3, 0.4) is 0 Å². The van der Waals surface area contributed by atoms with Crippen LogP contribution in [-0.4, -0.2) is 41.0 Å². The first kappa shape index (κ1) is 13.9. The fourth-order valence-electron chi connectivity index (χ4n) is 2.44. The van der Waals surface area contributed by atoms with Crippen molar-refractivity contribution in [2.24, 2.45) is 7.05 Å². The zero-order valence-corrected chi connectivity index (χ0v) is 11.8. The van der Waals surface area contributed by atoms with Gasteiger partial charge in [-0.1, -0.05) is 11.6 Å². The number of halogens is 1. The van der Waals surface area contributed by atoms with Crippen LogP contribution >= 0.6 is 11.6 Å². The van der Waals surface area contributed by atoms with Gasteiger partial charge in [0.05, 0.1) is 12.1 Å². The first-order chi connectivity index (χ1) is 9.04. The van der Waals surface area contributed by atoms with Gasteiger partial charge in [-0.3, -0.25) is 4.79 Å². The molecule has 1 aromatic rings. The summed E-state index contributed by atoms with van der Waals surface area (Å²) in [7, 11) is 3.11. The molecule has 1 aromatic heterocycles. The molecule has 5 nitrogen and oxygen atoms in total. The highest BCUT2D eigenvalue weighted by atomic mass is 35.5. The Morgan fingerprint density at radius 2 is 2.16 bits per heavy atom. The Balaban J connectivity index is 2.25. The zero-order chi connectivity index (χ0) is 14.0. The van der Waals surface area contributed by atoms with Crippen molar-refractivity contribution >= 4 is 23.5 Å². The largest absolute Gasteiger partial charge is 0.467 e. The standard InChI is InChI=1S/C13H17ClN2O3/c1-15-8-9(14)7-11(15)12(17)16-6-4-3-5-10(16)13(18)19-2/h7-8,10H,3-6H2,1-2H3/t10-/m1/s1. The lowest BCUT2D eigenvalue weighted by Gasteiger charge is -2.33. The summed E-state index contributed by atoms with van der Waals surface area (Å²) < 4.78 is 6.45. The molecule has 1 aliphatic heterocycles. The van der Waals surface area contributed by atoms with Gasteiger partial charge >= 0.3 is 5.97 Å². The molecule has 1 fully saturated rings. The van der Waals surface area contributed by atoms with Crippen LogP contribution in [0.4, 0.5) is 0 Å². The first-order valence-corrected chi connectivity index (χ1v) is 6.63. The lowest BCUT2D eigenvalue weighted by atomic mass is 10.0. The summed E-state index contributed by atoms with van der Waals surface area (Å²) in [6, 6.07) is 1.13. The number of nitrogens with zero attached hydrogens (tertiary/aromatic N) is 2. The lowest BCUT2D eigenvalue weighted by molar-refractivity contribution is -0.147. The van der Waals surface area contributed by atoms with Crippen LogP contribution in [0.5, 0.6) is 0 Å². The Labute approximate surface area is 117 Å². The quantitative estimate of drug-likeness (QED) is 0.779. The number of hydrogen-bond donors (Lipinski definition) is 0. The Morgan fingerprint density at radius 1 is 1.42 bits per heavy atom. The summed E-state index contributed by atoms with van der Waals surface area (Å²) in [5.41, 5.74) is 0.487. The molecule has 0 spiro atoms.